The van der Waals surface area contributed by atoms with Crippen molar-refractivity contribution in [2.75, 3.05) is 0 Å². The van der Waals surface area contributed by atoms with E-state index in [-0.39, 0.29) is 5.41 Å². The summed E-state index contributed by atoms with van der Waals surface area (Å²) in [4.78, 5) is 4.45. The van der Waals surface area contributed by atoms with Gasteiger partial charge in [0.1, 0.15) is 0 Å². The molecule has 112 valence electrons. The summed E-state index contributed by atoms with van der Waals surface area (Å²) in [6.45, 7) is 6.56. The highest BCUT2D eigenvalue weighted by Gasteiger charge is 2.15. The van der Waals surface area contributed by atoms with Crippen LogP contribution < -0.4 is 0 Å². The second-order valence-corrected chi connectivity index (χ2v) is 6.69. The zero-order chi connectivity index (χ0) is 15.7. The van der Waals surface area contributed by atoms with Crippen LogP contribution in [-0.2, 0) is 5.41 Å². The third kappa shape index (κ3) is 3.04. The first-order valence-corrected chi connectivity index (χ1v) is 7.52. The van der Waals surface area contributed by atoms with Gasteiger partial charge in [0.05, 0.1) is 0 Å². The van der Waals surface area contributed by atoms with Gasteiger partial charge in [0, 0.05) is 16.1 Å². The normalized spacial score (nSPS) is 11.6. The molecule has 2 aromatic carbocycles. The zero-order valence-electron chi connectivity index (χ0n) is 12.8. The van der Waals surface area contributed by atoms with Crippen molar-refractivity contribution in [3.63, 3.8) is 0 Å². The zero-order valence-corrected chi connectivity index (χ0v) is 13.6. The van der Waals surface area contributed by atoms with Gasteiger partial charge in [-0.15, -0.1) is 0 Å². The highest BCUT2D eigenvalue weighted by molar-refractivity contribution is 6.30. The van der Waals surface area contributed by atoms with E-state index < -0.39 is 0 Å². The van der Waals surface area contributed by atoms with E-state index in [1.165, 1.54) is 5.56 Å². The Balaban J connectivity index is 1.89. The van der Waals surface area contributed by atoms with E-state index in [9.17, 15) is 0 Å². The van der Waals surface area contributed by atoms with Gasteiger partial charge in [0.15, 0.2) is 0 Å². The van der Waals surface area contributed by atoms with Gasteiger partial charge < -0.3 is 4.52 Å². The highest BCUT2D eigenvalue weighted by atomic mass is 35.5. The second kappa shape index (κ2) is 5.58. The van der Waals surface area contributed by atoms with Crippen LogP contribution in [0.1, 0.15) is 26.3 Å². The first kappa shape index (κ1) is 14.8. The fraction of sp³-hybridized carbons (Fsp3) is 0.222. The van der Waals surface area contributed by atoms with Crippen LogP contribution in [-0.4, -0.2) is 10.1 Å². The molecule has 0 aliphatic carbocycles. The molecule has 0 atom stereocenters. The molecule has 0 amide bonds. The summed E-state index contributed by atoms with van der Waals surface area (Å²) in [6.07, 6.45) is 0. The quantitative estimate of drug-likeness (QED) is 0.640. The predicted molar refractivity (Wildman–Crippen MR) is 88.9 cm³/mol. The molecule has 0 bridgehead atoms. The van der Waals surface area contributed by atoms with Crippen molar-refractivity contribution in [2.45, 2.75) is 26.2 Å². The average molecular weight is 313 g/mol. The lowest BCUT2D eigenvalue weighted by molar-refractivity contribution is 0.432. The second-order valence-electron chi connectivity index (χ2n) is 6.26. The van der Waals surface area contributed by atoms with Crippen LogP contribution in [0.25, 0.3) is 22.8 Å². The van der Waals surface area contributed by atoms with Gasteiger partial charge in [-0.1, -0.05) is 49.7 Å². The SMILES string of the molecule is CC(C)(C)c1ccc(-c2nc(-c3ccc(Cl)cc3)no2)cc1. The number of halogens is 1. The number of rotatable bonds is 2. The van der Waals surface area contributed by atoms with Crippen LogP contribution in [0.2, 0.25) is 5.02 Å². The summed E-state index contributed by atoms with van der Waals surface area (Å²) < 4.78 is 5.37. The molecular formula is C18H17ClN2O. The fourth-order valence-electron chi connectivity index (χ4n) is 2.17. The van der Waals surface area contributed by atoms with E-state index in [0.717, 1.165) is 11.1 Å². The molecule has 0 saturated carbocycles. The topological polar surface area (TPSA) is 38.9 Å². The van der Waals surface area contributed by atoms with Crippen LogP contribution >= 0.6 is 11.6 Å². The predicted octanol–water partition coefficient (Wildman–Crippen LogP) is 5.35. The first-order chi connectivity index (χ1) is 10.4. The lowest BCUT2D eigenvalue weighted by Crippen LogP contribution is -2.10. The number of hydrogen-bond acceptors (Lipinski definition) is 3. The third-order valence-corrected chi connectivity index (χ3v) is 3.78. The van der Waals surface area contributed by atoms with Crippen molar-refractivity contribution in [3.8, 4) is 22.8 Å². The minimum absolute atomic E-state index is 0.127. The molecule has 0 N–H and O–H groups in total. The van der Waals surface area contributed by atoms with Gasteiger partial charge in [0.25, 0.3) is 5.89 Å². The summed E-state index contributed by atoms with van der Waals surface area (Å²) in [5, 5.41) is 4.72. The average Bonchev–Trinajstić information content (AvgIpc) is 2.97. The smallest absolute Gasteiger partial charge is 0.258 e. The van der Waals surface area contributed by atoms with Crippen molar-refractivity contribution in [1.29, 1.82) is 0 Å². The summed E-state index contributed by atoms with van der Waals surface area (Å²) in [5.74, 6) is 1.08. The molecule has 0 fully saturated rings. The van der Waals surface area contributed by atoms with E-state index in [2.05, 4.69) is 43.0 Å². The lowest BCUT2D eigenvalue weighted by Gasteiger charge is -2.18. The molecule has 1 heterocycles. The van der Waals surface area contributed by atoms with Crippen LogP contribution in [0.15, 0.2) is 53.1 Å². The number of hydrogen-bond donors (Lipinski definition) is 0. The monoisotopic (exact) mass is 312 g/mol. The Morgan fingerprint density at radius 3 is 2.05 bits per heavy atom. The molecular weight excluding hydrogens is 296 g/mol. The van der Waals surface area contributed by atoms with Gasteiger partial charge in [-0.25, -0.2) is 0 Å². The molecule has 22 heavy (non-hydrogen) atoms. The Hall–Kier alpha value is -2.13. The maximum absolute atomic E-state index is 5.89. The molecule has 0 saturated heterocycles. The Kier molecular flexibility index (Phi) is 3.75. The minimum atomic E-state index is 0.127. The molecule has 0 radical (unpaired) electrons. The van der Waals surface area contributed by atoms with Crippen LogP contribution in [0.3, 0.4) is 0 Å². The third-order valence-electron chi connectivity index (χ3n) is 3.53. The van der Waals surface area contributed by atoms with Crippen molar-refractivity contribution < 1.29 is 4.52 Å². The molecule has 3 aromatic rings. The van der Waals surface area contributed by atoms with Crippen LogP contribution in [0.4, 0.5) is 0 Å². The van der Waals surface area contributed by atoms with Gasteiger partial charge in [-0.2, -0.15) is 4.98 Å². The molecule has 0 aliphatic heterocycles. The van der Waals surface area contributed by atoms with E-state index in [1.807, 2.05) is 36.4 Å². The molecule has 0 unspecified atom stereocenters. The van der Waals surface area contributed by atoms with Crippen molar-refractivity contribution in [1.82, 2.24) is 10.1 Å². The molecule has 1 aromatic heterocycles. The molecule has 4 heteroatoms. The maximum Gasteiger partial charge on any atom is 0.258 e. The minimum Gasteiger partial charge on any atom is -0.334 e. The molecule has 0 aliphatic rings. The largest absolute Gasteiger partial charge is 0.334 e. The van der Waals surface area contributed by atoms with E-state index in [4.69, 9.17) is 16.1 Å². The van der Waals surface area contributed by atoms with Crippen LogP contribution in [0.5, 0.6) is 0 Å². The lowest BCUT2D eigenvalue weighted by atomic mass is 9.87. The summed E-state index contributed by atoms with van der Waals surface area (Å²) in [5.41, 5.74) is 3.20. The van der Waals surface area contributed by atoms with Gasteiger partial charge in [-0.05, 0) is 47.4 Å². The standard InChI is InChI=1S/C18H17ClN2O/c1-18(2,3)14-8-4-13(5-9-14)17-20-16(21-22-17)12-6-10-15(19)11-7-12/h4-11H,1-3H3. The Labute approximate surface area is 134 Å². The van der Waals surface area contributed by atoms with Crippen molar-refractivity contribution in [2.24, 2.45) is 0 Å². The Morgan fingerprint density at radius 1 is 0.864 bits per heavy atom. The fourth-order valence-corrected chi connectivity index (χ4v) is 2.30. The molecule has 0 spiro atoms. The van der Waals surface area contributed by atoms with Crippen molar-refractivity contribution in [3.05, 3.63) is 59.1 Å². The summed E-state index contributed by atoms with van der Waals surface area (Å²) >= 11 is 5.89. The number of nitrogens with zero attached hydrogens (tertiary/aromatic N) is 2. The first-order valence-electron chi connectivity index (χ1n) is 7.14. The Bertz CT molecular complexity index is 768. The van der Waals surface area contributed by atoms with E-state index >= 15 is 0 Å². The van der Waals surface area contributed by atoms with Crippen molar-refractivity contribution >= 4 is 11.6 Å². The van der Waals surface area contributed by atoms with E-state index in [1.54, 1.807) is 0 Å². The van der Waals surface area contributed by atoms with Gasteiger partial charge in [-0.3, -0.25) is 0 Å². The van der Waals surface area contributed by atoms with E-state index in [0.29, 0.717) is 16.7 Å². The highest BCUT2D eigenvalue weighted by Crippen LogP contribution is 2.27. The maximum atomic E-state index is 5.89. The molecule has 3 rings (SSSR count). The summed E-state index contributed by atoms with van der Waals surface area (Å²) in [7, 11) is 0. The molecule has 3 nitrogen and oxygen atoms in total. The Morgan fingerprint density at radius 2 is 1.45 bits per heavy atom. The number of aromatic nitrogens is 2. The number of benzene rings is 2. The van der Waals surface area contributed by atoms with Gasteiger partial charge in [0.2, 0.25) is 5.82 Å². The van der Waals surface area contributed by atoms with Gasteiger partial charge >= 0.3 is 0 Å². The van der Waals surface area contributed by atoms with Crippen LogP contribution in [0, 0.1) is 0 Å². The summed E-state index contributed by atoms with van der Waals surface area (Å²) in [6, 6.07) is 15.6.